The van der Waals surface area contributed by atoms with Crippen molar-refractivity contribution in [3.8, 4) is 23.3 Å². The van der Waals surface area contributed by atoms with E-state index in [1.807, 2.05) is 54.5 Å². The third-order valence-corrected chi connectivity index (χ3v) is 5.32. The molecule has 0 aliphatic carbocycles. The maximum Gasteiger partial charge on any atom is 0.103 e. The molecule has 0 fully saturated rings. The molecule has 130 valence electrons. The zero-order chi connectivity index (χ0) is 18.8. The summed E-state index contributed by atoms with van der Waals surface area (Å²) in [5.74, 6) is 0. The van der Waals surface area contributed by atoms with Crippen LogP contribution >= 0.6 is 11.8 Å². The Balaban J connectivity index is 1.90. The van der Waals surface area contributed by atoms with Crippen LogP contribution in [-0.4, -0.2) is 19.4 Å². The second-order valence-electron chi connectivity index (χ2n) is 5.85. The van der Waals surface area contributed by atoms with Crippen LogP contribution < -0.4 is 0 Å². The minimum atomic E-state index is 0.503. The van der Waals surface area contributed by atoms with Gasteiger partial charge in [0.2, 0.25) is 0 Å². The topological polar surface area (TPSA) is 82.7 Å². The molecule has 1 aromatic carbocycles. The van der Waals surface area contributed by atoms with Crippen molar-refractivity contribution in [3.63, 3.8) is 0 Å². The fourth-order valence-corrected chi connectivity index (χ4v) is 3.95. The number of fused-ring (bicyclic) bond motifs is 1. The fourth-order valence-electron chi connectivity index (χ4n) is 2.85. The van der Waals surface area contributed by atoms with E-state index in [-0.39, 0.29) is 0 Å². The van der Waals surface area contributed by atoms with Crippen LogP contribution in [0.3, 0.4) is 0 Å². The van der Waals surface area contributed by atoms with Crippen molar-refractivity contribution in [1.29, 1.82) is 10.5 Å². The van der Waals surface area contributed by atoms with Gasteiger partial charge >= 0.3 is 0 Å². The molecule has 0 bridgehead atoms. The van der Waals surface area contributed by atoms with Crippen LogP contribution in [0.1, 0.15) is 18.1 Å². The summed E-state index contributed by atoms with van der Waals surface area (Å²) < 4.78 is 3.58. The number of aryl methyl sites for hydroxylation is 1. The van der Waals surface area contributed by atoms with Crippen molar-refractivity contribution >= 4 is 17.3 Å². The Morgan fingerprint density at radius 3 is 2.52 bits per heavy atom. The summed E-state index contributed by atoms with van der Waals surface area (Å²) in [5.41, 5.74) is 3.77. The third kappa shape index (κ3) is 3.05. The molecule has 0 radical (unpaired) electrons. The van der Waals surface area contributed by atoms with Crippen LogP contribution in [-0.2, 0) is 6.54 Å². The molecule has 0 aliphatic rings. The second-order valence-corrected chi connectivity index (χ2v) is 6.93. The van der Waals surface area contributed by atoms with E-state index in [0.29, 0.717) is 11.1 Å². The number of nitriles is 2. The van der Waals surface area contributed by atoms with Crippen molar-refractivity contribution < 1.29 is 0 Å². The SMILES string of the molecule is CCn1cc(-c2cc(Sc3ccccc3C#N)c3c(C#N)cnn3c2)cn1. The monoisotopic (exact) mass is 370 g/mol. The van der Waals surface area contributed by atoms with Crippen LogP contribution in [0, 0.1) is 22.7 Å². The number of hydrogen-bond donors (Lipinski definition) is 0. The summed E-state index contributed by atoms with van der Waals surface area (Å²) in [5, 5.41) is 27.5. The molecule has 0 aliphatic heterocycles. The van der Waals surface area contributed by atoms with Gasteiger partial charge in [-0.3, -0.25) is 4.68 Å². The summed E-state index contributed by atoms with van der Waals surface area (Å²) in [6, 6.07) is 13.9. The standard InChI is InChI=1S/C20H14N6S/c1-2-25-12-17(11-23-25)15-7-19(20-16(9-22)10-24-26(20)13-15)27-18-6-4-3-5-14(18)8-21/h3-7,10-13H,2H2,1H3. The van der Waals surface area contributed by atoms with Gasteiger partial charge in [0, 0.05) is 39.9 Å². The Morgan fingerprint density at radius 1 is 0.963 bits per heavy atom. The molecule has 27 heavy (non-hydrogen) atoms. The van der Waals surface area contributed by atoms with E-state index in [4.69, 9.17) is 0 Å². The van der Waals surface area contributed by atoms with Crippen LogP contribution in [0.4, 0.5) is 0 Å². The normalized spacial score (nSPS) is 10.6. The van der Waals surface area contributed by atoms with Crippen molar-refractivity contribution in [3.05, 3.63) is 66.2 Å². The lowest BCUT2D eigenvalue weighted by atomic mass is 10.1. The highest BCUT2D eigenvalue weighted by atomic mass is 32.2. The van der Waals surface area contributed by atoms with Crippen molar-refractivity contribution in [2.75, 3.05) is 0 Å². The lowest BCUT2D eigenvalue weighted by Crippen LogP contribution is -1.93. The summed E-state index contributed by atoms with van der Waals surface area (Å²) in [7, 11) is 0. The van der Waals surface area contributed by atoms with Gasteiger partial charge in [-0.05, 0) is 25.1 Å². The molecule has 0 N–H and O–H groups in total. The number of aromatic nitrogens is 4. The van der Waals surface area contributed by atoms with Gasteiger partial charge in [-0.15, -0.1) is 0 Å². The van der Waals surface area contributed by atoms with Crippen molar-refractivity contribution in [2.45, 2.75) is 23.3 Å². The maximum absolute atomic E-state index is 9.46. The van der Waals surface area contributed by atoms with E-state index in [1.54, 1.807) is 16.8 Å². The zero-order valence-electron chi connectivity index (χ0n) is 14.5. The van der Waals surface area contributed by atoms with E-state index in [2.05, 4.69) is 22.3 Å². The Bertz CT molecular complexity index is 1220. The van der Waals surface area contributed by atoms with Gasteiger partial charge < -0.3 is 0 Å². The lowest BCUT2D eigenvalue weighted by Gasteiger charge is -2.09. The minimum Gasteiger partial charge on any atom is -0.272 e. The van der Waals surface area contributed by atoms with E-state index < -0.39 is 0 Å². The van der Waals surface area contributed by atoms with Crippen LogP contribution in [0.15, 0.2) is 64.9 Å². The molecule has 6 nitrogen and oxygen atoms in total. The van der Waals surface area contributed by atoms with Gasteiger partial charge in [0.1, 0.15) is 12.1 Å². The first-order valence-corrected chi connectivity index (χ1v) is 9.16. The zero-order valence-corrected chi connectivity index (χ0v) is 15.3. The van der Waals surface area contributed by atoms with E-state index in [9.17, 15) is 10.5 Å². The molecule has 0 amide bonds. The van der Waals surface area contributed by atoms with Gasteiger partial charge in [-0.2, -0.15) is 20.7 Å². The van der Waals surface area contributed by atoms with Crippen LogP contribution in [0.2, 0.25) is 0 Å². The number of benzene rings is 1. The van der Waals surface area contributed by atoms with Gasteiger partial charge in [0.05, 0.1) is 29.0 Å². The molecular formula is C20H14N6S. The predicted molar refractivity (Wildman–Crippen MR) is 102 cm³/mol. The Morgan fingerprint density at radius 2 is 1.78 bits per heavy atom. The molecule has 4 rings (SSSR count). The van der Waals surface area contributed by atoms with Crippen LogP contribution in [0.5, 0.6) is 0 Å². The Hall–Kier alpha value is -3.55. The van der Waals surface area contributed by atoms with E-state index in [0.717, 1.165) is 33.0 Å². The average Bonchev–Trinajstić information content (AvgIpc) is 3.35. The first-order chi connectivity index (χ1) is 13.2. The first-order valence-electron chi connectivity index (χ1n) is 8.34. The molecule has 0 unspecified atom stereocenters. The molecule has 4 aromatic rings. The molecule has 3 aromatic heterocycles. The first kappa shape index (κ1) is 16.9. The lowest BCUT2D eigenvalue weighted by molar-refractivity contribution is 0.660. The van der Waals surface area contributed by atoms with E-state index >= 15 is 0 Å². The molecule has 3 heterocycles. The van der Waals surface area contributed by atoms with Crippen LogP contribution in [0.25, 0.3) is 16.6 Å². The smallest absolute Gasteiger partial charge is 0.103 e. The molecule has 7 heteroatoms. The second kappa shape index (κ2) is 6.99. The Labute approximate surface area is 160 Å². The highest BCUT2D eigenvalue weighted by molar-refractivity contribution is 7.99. The number of hydrogen-bond acceptors (Lipinski definition) is 5. The van der Waals surface area contributed by atoms with Gasteiger partial charge in [0.25, 0.3) is 0 Å². The van der Waals surface area contributed by atoms with E-state index in [1.165, 1.54) is 11.8 Å². The molecule has 0 saturated heterocycles. The minimum absolute atomic E-state index is 0.503. The number of pyridine rings is 1. The summed E-state index contributed by atoms with van der Waals surface area (Å²) >= 11 is 1.46. The molecule has 0 saturated carbocycles. The third-order valence-electron chi connectivity index (χ3n) is 4.22. The quantitative estimate of drug-likeness (QED) is 0.540. The summed E-state index contributed by atoms with van der Waals surface area (Å²) in [6.45, 7) is 2.83. The Kier molecular flexibility index (Phi) is 4.37. The van der Waals surface area contributed by atoms with Crippen molar-refractivity contribution in [1.82, 2.24) is 19.4 Å². The largest absolute Gasteiger partial charge is 0.272 e. The summed E-state index contributed by atoms with van der Waals surface area (Å²) in [6.07, 6.45) is 7.26. The molecule has 0 spiro atoms. The van der Waals surface area contributed by atoms with Gasteiger partial charge in [-0.25, -0.2) is 4.52 Å². The number of rotatable bonds is 4. The summed E-state index contributed by atoms with van der Waals surface area (Å²) in [4.78, 5) is 1.71. The maximum atomic E-state index is 9.46. The van der Waals surface area contributed by atoms with Gasteiger partial charge in [0.15, 0.2) is 0 Å². The van der Waals surface area contributed by atoms with Gasteiger partial charge in [-0.1, -0.05) is 23.9 Å². The average molecular weight is 370 g/mol. The predicted octanol–water partition coefficient (Wildman–Crippen LogP) is 4.11. The highest BCUT2D eigenvalue weighted by Crippen LogP contribution is 2.36. The molecular weight excluding hydrogens is 356 g/mol. The van der Waals surface area contributed by atoms with Crippen molar-refractivity contribution in [2.24, 2.45) is 0 Å². The number of nitrogens with zero attached hydrogens (tertiary/aromatic N) is 6. The molecule has 0 atom stereocenters. The highest BCUT2D eigenvalue weighted by Gasteiger charge is 2.15. The fraction of sp³-hybridized carbons (Fsp3) is 0.100.